The largest absolute Gasteiger partial charge is 0.431 e. The number of carbonyl (C=O) groups excluding carboxylic acids is 2. The third-order valence-electron chi connectivity index (χ3n) is 4.22. The number of nitro benzene ring substituents is 1. The molecule has 1 heterocycles. The molecule has 2 aromatic rings. The maximum atomic E-state index is 13.2. The van der Waals surface area contributed by atoms with Crippen molar-refractivity contribution in [2.24, 2.45) is 0 Å². The zero-order valence-electron chi connectivity index (χ0n) is 15.1. The summed E-state index contributed by atoms with van der Waals surface area (Å²) in [4.78, 5) is 35.7. The first-order chi connectivity index (χ1) is 13.9. The van der Waals surface area contributed by atoms with E-state index < -0.39 is 51.5 Å². The number of nitro groups is 1. The van der Waals surface area contributed by atoms with Crippen LogP contribution in [0, 0.1) is 15.9 Å². The molecule has 158 valence electrons. The third kappa shape index (κ3) is 4.08. The highest BCUT2D eigenvalue weighted by Gasteiger charge is 2.52. The maximum Gasteiger partial charge on any atom is 0.423 e. The second-order valence-corrected chi connectivity index (χ2v) is 7.49. The monoisotopic (exact) mass is 444 g/mol. The van der Waals surface area contributed by atoms with Gasteiger partial charge in [0.25, 0.3) is 11.6 Å². The van der Waals surface area contributed by atoms with Crippen molar-refractivity contribution in [3.63, 3.8) is 0 Å². The van der Waals surface area contributed by atoms with Crippen LogP contribution in [0.4, 0.5) is 33.7 Å². The highest BCUT2D eigenvalue weighted by Crippen LogP contribution is 2.40. The summed E-state index contributed by atoms with van der Waals surface area (Å²) < 4.78 is 57.7. The van der Waals surface area contributed by atoms with Crippen LogP contribution >= 0.6 is 11.8 Å². The number of carbonyl (C=O) groups is 2. The van der Waals surface area contributed by atoms with Gasteiger partial charge in [-0.2, -0.15) is 13.2 Å². The molecule has 1 saturated heterocycles. The average molecular weight is 444 g/mol. The lowest BCUT2D eigenvalue weighted by molar-refractivity contribution is -0.388. The minimum absolute atomic E-state index is 0.0845. The molecule has 3 rings (SSSR count). The van der Waals surface area contributed by atoms with E-state index in [2.05, 4.69) is 0 Å². The summed E-state index contributed by atoms with van der Waals surface area (Å²) >= 11 is 1.08. The molecule has 0 spiro atoms. The van der Waals surface area contributed by atoms with Crippen molar-refractivity contribution in [3.8, 4) is 0 Å². The molecular formula is C18H12F4N2O5S. The smallest absolute Gasteiger partial charge is 0.423 e. The second kappa shape index (κ2) is 7.59. The van der Waals surface area contributed by atoms with Crippen molar-refractivity contribution in [3.05, 3.63) is 64.0 Å². The van der Waals surface area contributed by atoms with Crippen molar-refractivity contribution >= 4 is 35.1 Å². The topological polar surface area (TPSA) is 89.8 Å². The predicted octanol–water partition coefficient (Wildman–Crippen LogP) is 4.79. The van der Waals surface area contributed by atoms with Crippen LogP contribution in [-0.4, -0.2) is 28.3 Å². The Hall–Kier alpha value is -3.15. The number of ether oxygens (including phenoxy) is 1. The van der Waals surface area contributed by atoms with Crippen LogP contribution in [0.5, 0.6) is 0 Å². The van der Waals surface area contributed by atoms with E-state index in [-0.39, 0.29) is 5.75 Å². The molecule has 0 bridgehead atoms. The predicted molar refractivity (Wildman–Crippen MR) is 97.6 cm³/mol. The van der Waals surface area contributed by atoms with Crippen molar-refractivity contribution in [1.29, 1.82) is 0 Å². The molecule has 0 saturated carbocycles. The van der Waals surface area contributed by atoms with Gasteiger partial charge in [-0.25, -0.2) is 14.1 Å². The van der Waals surface area contributed by atoms with Crippen LogP contribution in [0.2, 0.25) is 0 Å². The normalized spacial score (nSPS) is 19.2. The highest BCUT2D eigenvalue weighted by molar-refractivity contribution is 7.99. The lowest BCUT2D eigenvalue weighted by Gasteiger charge is -2.19. The molecule has 2 aromatic carbocycles. The molecule has 1 aliphatic heterocycles. The number of amides is 2. The zero-order chi connectivity index (χ0) is 22.3. The fourth-order valence-electron chi connectivity index (χ4n) is 2.72. The molecule has 2 amide bonds. The number of rotatable bonds is 5. The van der Waals surface area contributed by atoms with Gasteiger partial charge in [0.2, 0.25) is 0 Å². The molecule has 0 aromatic heterocycles. The zero-order valence-corrected chi connectivity index (χ0v) is 15.9. The first kappa shape index (κ1) is 21.6. The Bertz CT molecular complexity index is 1030. The van der Waals surface area contributed by atoms with Gasteiger partial charge in [0.05, 0.1) is 10.6 Å². The fourth-order valence-corrected chi connectivity index (χ4v) is 3.67. The molecule has 1 fully saturated rings. The van der Waals surface area contributed by atoms with Crippen molar-refractivity contribution in [1.82, 2.24) is 0 Å². The van der Waals surface area contributed by atoms with Gasteiger partial charge in [-0.1, -0.05) is 0 Å². The summed E-state index contributed by atoms with van der Waals surface area (Å²) in [5, 5.41) is 10.9. The Kier molecular flexibility index (Phi) is 5.46. The molecule has 7 nitrogen and oxygen atoms in total. The number of benzene rings is 2. The Labute approximate surface area is 170 Å². The van der Waals surface area contributed by atoms with Gasteiger partial charge in [0.15, 0.2) is 5.60 Å². The van der Waals surface area contributed by atoms with E-state index in [0.717, 1.165) is 17.8 Å². The van der Waals surface area contributed by atoms with E-state index in [1.54, 1.807) is 0 Å². The molecule has 1 unspecified atom stereocenters. The number of alkyl halides is 3. The summed E-state index contributed by atoms with van der Waals surface area (Å²) in [5.41, 5.74) is -5.00. The fraction of sp³-hybridized carbons (Fsp3) is 0.222. The quantitative estimate of drug-likeness (QED) is 0.285. The molecule has 0 radical (unpaired) electrons. The van der Waals surface area contributed by atoms with E-state index in [1.165, 1.54) is 31.2 Å². The second-order valence-electron chi connectivity index (χ2n) is 6.44. The van der Waals surface area contributed by atoms with Gasteiger partial charge in [0.1, 0.15) is 11.4 Å². The molecule has 1 atom stereocenters. The molecule has 12 heteroatoms. The summed E-state index contributed by atoms with van der Waals surface area (Å²) in [6, 6.07) is 7.11. The van der Waals surface area contributed by atoms with E-state index in [4.69, 9.17) is 4.74 Å². The summed E-state index contributed by atoms with van der Waals surface area (Å²) in [7, 11) is 0. The van der Waals surface area contributed by atoms with E-state index in [9.17, 15) is 37.3 Å². The SMILES string of the molecule is CC1(CSc2ccc(F)cc2)OC(=O)N(c2ccc([N+](=O)[O-])c(C(F)(F)F)c2)C1=O. The summed E-state index contributed by atoms with van der Waals surface area (Å²) in [5.74, 6) is -1.47. The van der Waals surface area contributed by atoms with Crippen LogP contribution in [0.1, 0.15) is 12.5 Å². The van der Waals surface area contributed by atoms with Gasteiger partial charge < -0.3 is 4.74 Å². The van der Waals surface area contributed by atoms with Gasteiger partial charge in [-0.15, -0.1) is 11.8 Å². The number of thioether (sulfide) groups is 1. The Balaban J connectivity index is 1.88. The molecule has 0 aliphatic carbocycles. The van der Waals surface area contributed by atoms with Crippen LogP contribution < -0.4 is 4.90 Å². The number of halogens is 4. The highest BCUT2D eigenvalue weighted by atomic mass is 32.2. The van der Waals surface area contributed by atoms with Crippen molar-refractivity contribution < 1.29 is 36.8 Å². The van der Waals surface area contributed by atoms with Gasteiger partial charge in [-0.05, 0) is 43.3 Å². The van der Waals surface area contributed by atoms with E-state index in [1.807, 2.05) is 0 Å². The number of anilines is 1. The molecule has 1 aliphatic rings. The number of hydrogen-bond acceptors (Lipinski definition) is 6. The number of nitrogens with zero attached hydrogens (tertiary/aromatic N) is 2. The van der Waals surface area contributed by atoms with Crippen LogP contribution in [0.25, 0.3) is 0 Å². The Morgan fingerprint density at radius 2 is 1.80 bits per heavy atom. The third-order valence-corrected chi connectivity index (χ3v) is 5.52. The molecular weight excluding hydrogens is 432 g/mol. The van der Waals surface area contributed by atoms with Crippen LogP contribution in [-0.2, 0) is 15.7 Å². The molecule has 30 heavy (non-hydrogen) atoms. The number of imide groups is 1. The van der Waals surface area contributed by atoms with Gasteiger partial charge >= 0.3 is 12.3 Å². The number of cyclic esters (lactones) is 1. The van der Waals surface area contributed by atoms with Gasteiger partial charge in [-0.3, -0.25) is 14.9 Å². The first-order valence-corrected chi connectivity index (χ1v) is 9.22. The average Bonchev–Trinajstić information content (AvgIpc) is 2.89. The van der Waals surface area contributed by atoms with Crippen LogP contribution in [0.15, 0.2) is 47.4 Å². The maximum absolute atomic E-state index is 13.2. The Morgan fingerprint density at radius 3 is 2.37 bits per heavy atom. The molecule has 0 N–H and O–H groups in total. The summed E-state index contributed by atoms with van der Waals surface area (Å²) in [6.07, 6.45) is -6.28. The van der Waals surface area contributed by atoms with Crippen LogP contribution in [0.3, 0.4) is 0 Å². The van der Waals surface area contributed by atoms with Crippen molar-refractivity contribution in [2.45, 2.75) is 23.6 Å². The first-order valence-electron chi connectivity index (χ1n) is 8.24. The standard InChI is InChI=1S/C18H12F4N2O5S/c1-17(9-30-12-5-2-10(19)3-6-12)15(25)23(16(26)29-17)11-4-7-14(24(27)28)13(8-11)18(20,21)22/h2-8H,9H2,1H3. The lowest BCUT2D eigenvalue weighted by Crippen LogP contribution is -2.40. The minimum atomic E-state index is -5.08. The summed E-state index contributed by atoms with van der Waals surface area (Å²) in [6.45, 7) is 1.29. The van der Waals surface area contributed by atoms with Crippen molar-refractivity contribution in [2.75, 3.05) is 10.7 Å². The van der Waals surface area contributed by atoms with E-state index >= 15 is 0 Å². The Morgan fingerprint density at radius 1 is 1.17 bits per heavy atom. The minimum Gasteiger partial charge on any atom is -0.431 e. The van der Waals surface area contributed by atoms with E-state index in [0.29, 0.717) is 21.9 Å². The lowest BCUT2D eigenvalue weighted by atomic mass is 10.1. The van der Waals surface area contributed by atoms with Gasteiger partial charge in [0, 0.05) is 16.7 Å². The number of hydrogen-bond donors (Lipinski definition) is 0.